The zero-order valence-corrected chi connectivity index (χ0v) is 19.1. The molecule has 1 aliphatic heterocycles. The van der Waals surface area contributed by atoms with Gasteiger partial charge in [-0.15, -0.1) is 0 Å². The molecule has 9 nitrogen and oxygen atoms in total. The average Bonchev–Trinajstić information content (AvgIpc) is 3.32. The normalized spacial score (nSPS) is 15.5. The van der Waals surface area contributed by atoms with E-state index < -0.39 is 17.2 Å². The van der Waals surface area contributed by atoms with Gasteiger partial charge in [0.1, 0.15) is 6.54 Å². The van der Waals surface area contributed by atoms with E-state index in [0.717, 1.165) is 17.4 Å². The van der Waals surface area contributed by atoms with Gasteiger partial charge in [-0.25, -0.2) is 4.79 Å². The number of ether oxygens (including phenoxy) is 3. The maximum atomic E-state index is 13.4. The van der Waals surface area contributed by atoms with Crippen LogP contribution < -0.4 is 26.0 Å². The van der Waals surface area contributed by atoms with Gasteiger partial charge < -0.3 is 19.5 Å². The van der Waals surface area contributed by atoms with E-state index >= 15 is 0 Å². The van der Waals surface area contributed by atoms with Crippen LogP contribution in [-0.4, -0.2) is 42.0 Å². The molecule has 174 valence electrons. The Hall–Kier alpha value is -3.30. The number of benzene rings is 2. The first kappa shape index (κ1) is 22.9. The fraction of sp³-hybridized carbons (Fsp3) is 0.348. The van der Waals surface area contributed by atoms with Crippen molar-refractivity contribution in [3.8, 4) is 11.5 Å². The molecule has 1 N–H and O–H groups in total. The van der Waals surface area contributed by atoms with Gasteiger partial charge in [0.05, 0.1) is 37.8 Å². The lowest BCUT2D eigenvalue weighted by atomic mass is 10.2. The zero-order valence-electron chi connectivity index (χ0n) is 18.3. The molecule has 0 bridgehead atoms. The Bertz CT molecular complexity index is 1310. The van der Waals surface area contributed by atoms with Crippen molar-refractivity contribution in [2.24, 2.45) is 0 Å². The second kappa shape index (κ2) is 9.68. The second-order valence-corrected chi connectivity index (χ2v) is 8.14. The van der Waals surface area contributed by atoms with Crippen molar-refractivity contribution in [1.82, 2.24) is 9.13 Å². The lowest BCUT2D eigenvalue weighted by molar-refractivity contribution is -0.116. The Morgan fingerprint density at radius 1 is 1.15 bits per heavy atom. The lowest BCUT2D eigenvalue weighted by Gasteiger charge is -2.18. The first-order valence-corrected chi connectivity index (χ1v) is 10.9. The highest BCUT2D eigenvalue weighted by atomic mass is 35.5. The van der Waals surface area contributed by atoms with Crippen LogP contribution in [0.3, 0.4) is 0 Å². The van der Waals surface area contributed by atoms with E-state index in [1.807, 2.05) is 0 Å². The number of hydrogen-bond acceptors (Lipinski definition) is 6. The second-order valence-electron chi connectivity index (χ2n) is 7.70. The Kier molecular flexibility index (Phi) is 6.71. The van der Waals surface area contributed by atoms with Crippen molar-refractivity contribution in [2.45, 2.75) is 32.0 Å². The molecule has 1 amide bonds. The predicted octanol–water partition coefficient (Wildman–Crippen LogP) is 2.65. The fourth-order valence-corrected chi connectivity index (χ4v) is 4.15. The van der Waals surface area contributed by atoms with Crippen LogP contribution in [0.2, 0.25) is 5.02 Å². The number of fused-ring (bicyclic) bond motifs is 1. The summed E-state index contributed by atoms with van der Waals surface area (Å²) in [6.45, 7) is 0.384. The quantitative estimate of drug-likeness (QED) is 0.566. The van der Waals surface area contributed by atoms with Crippen molar-refractivity contribution < 1.29 is 19.0 Å². The van der Waals surface area contributed by atoms with E-state index in [4.69, 9.17) is 25.8 Å². The molecular formula is C23H24ClN3O6. The molecule has 1 aromatic heterocycles. The molecule has 0 spiro atoms. The highest BCUT2D eigenvalue weighted by Gasteiger charge is 2.23. The summed E-state index contributed by atoms with van der Waals surface area (Å²) in [5.41, 5.74) is -0.307. The summed E-state index contributed by atoms with van der Waals surface area (Å²) < 4.78 is 18.7. The molecule has 3 aromatic rings. The van der Waals surface area contributed by atoms with Gasteiger partial charge >= 0.3 is 5.69 Å². The summed E-state index contributed by atoms with van der Waals surface area (Å²) in [5, 5.41) is 3.44. The molecule has 0 unspecified atom stereocenters. The standard InChI is InChI=1S/C23H24ClN3O6/c1-31-19-10-17-18(11-20(19)32-2)26(13-21(28)25-15-6-3-5-14(24)9-15)23(30)27(22(17)29)12-16-7-4-8-33-16/h3,5-6,9-11,16H,4,7-8,12-13H2,1-2H3,(H,25,28)/t16-/m0/s1. The Balaban J connectivity index is 1.81. The van der Waals surface area contributed by atoms with E-state index in [1.54, 1.807) is 24.3 Å². The van der Waals surface area contributed by atoms with Gasteiger partial charge in [-0.2, -0.15) is 0 Å². The largest absolute Gasteiger partial charge is 0.493 e. The fourth-order valence-electron chi connectivity index (χ4n) is 3.96. The van der Waals surface area contributed by atoms with Crippen LogP contribution in [0.4, 0.5) is 5.69 Å². The SMILES string of the molecule is COc1cc2c(=O)n(C[C@@H]3CCCO3)c(=O)n(CC(=O)Nc3cccc(Cl)c3)c2cc1OC. The third-order valence-corrected chi connectivity index (χ3v) is 5.79. The van der Waals surface area contributed by atoms with E-state index in [0.29, 0.717) is 28.8 Å². The molecule has 0 radical (unpaired) electrons. The van der Waals surface area contributed by atoms with Crippen molar-refractivity contribution in [3.63, 3.8) is 0 Å². The Morgan fingerprint density at radius 2 is 1.91 bits per heavy atom. The smallest absolute Gasteiger partial charge is 0.332 e. The van der Waals surface area contributed by atoms with Crippen molar-refractivity contribution >= 4 is 34.1 Å². The average molecular weight is 474 g/mol. The first-order chi connectivity index (χ1) is 15.9. The number of anilines is 1. The molecular weight excluding hydrogens is 450 g/mol. The Labute approximate surface area is 194 Å². The van der Waals surface area contributed by atoms with Crippen LogP contribution in [-0.2, 0) is 22.6 Å². The summed E-state index contributed by atoms with van der Waals surface area (Å²) in [6, 6.07) is 9.74. The number of hydrogen-bond donors (Lipinski definition) is 1. The zero-order chi connectivity index (χ0) is 23.5. The molecule has 1 aliphatic rings. The van der Waals surface area contributed by atoms with Crippen LogP contribution in [0.15, 0.2) is 46.0 Å². The number of amides is 1. The van der Waals surface area contributed by atoms with E-state index in [9.17, 15) is 14.4 Å². The van der Waals surface area contributed by atoms with Crippen molar-refractivity contribution in [3.05, 3.63) is 62.3 Å². The van der Waals surface area contributed by atoms with Gasteiger partial charge in [-0.1, -0.05) is 17.7 Å². The van der Waals surface area contributed by atoms with Crippen LogP contribution in [0.5, 0.6) is 11.5 Å². The molecule has 2 aromatic carbocycles. The minimum Gasteiger partial charge on any atom is -0.493 e. The lowest BCUT2D eigenvalue weighted by Crippen LogP contribution is -2.43. The number of carbonyl (C=O) groups excluding carboxylic acids is 1. The molecule has 1 atom stereocenters. The van der Waals surface area contributed by atoms with Gasteiger partial charge in [0.15, 0.2) is 11.5 Å². The van der Waals surface area contributed by atoms with Gasteiger partial charge in [0, 0.05) is 23.4 Å². The summed E-state index contributed by atoms with van der Waals surface area (Å²) in [7, 11) is 2.92. The van der Waals surface area contributed by atoms with Gasteiger partial charge in [0.25, 0.3) is 5.56 Å². The first-order valence-electron chi connectivity index (χ1n) is 10.5. The minimum atomic E-state index is -0.600. The van der Waals surface area contributed by atoms with Gasteiger partial charge in [0.2, 0.25) is 5.91 Å². The minimum absolute atomic E-state index is 0.109. The monoisotopic (exact) mass is 473 g/mol. The Morgan fingerprint density at radius 3 is 2.58 bits per heavy atom. The third kappa shape index (κ3) is 4.74. The maximum Gasteiger partial charge on any atom is 0.332 e. The highest BCUT2D eigenvalue weighted by Crippen LogP contribution is 2.30. The maximum absolute atomic E-state index is 13.4. The van der Waals surface area contributed by atoms with Crippen LogP contribution in [0, 0.1) is 0 Å². The number of rotatable bonds is 7. The van der Waals surface area contributed by atoms with Crippen LogP contribution in [0.25, 0.3) is 10.9 Å². The van der Waals surface area contributed by atoms with Crippen LogP contribution in [0.1, 0.15) is 12.8 Å². The highest BCUT2D eigenvalue weighted by molar-refractivity contribution is 6.30. The molecule has 4 rings (SSSR count). The summed E-state index contributed by atoms with van der Waals surface area (Å²) >= 11 is 5.99. The molecule has 0 aliphatic carbocycles. The van der Waals surface area contributed by atoms with Crippen molar-refractivity contribution in [2.75, 3.05) is 26.1 Å². The number of nitrogens with one attached hydrogen (secondary N) is 1. The van der Waals surface area contributed by atoms with E-state index in [1.165, 1.54) is 30.9 Å². The number of halogens is 1. The molecule has 2 heterocycles. The number of methoxy groups -OCH3 is 2. The van der Waals surface area contributed by atoms with Gasteiger partial charge in [-0.05, 0) is 37.1 Å². The molecule has 33 heavy (non-hydrogen) atoms. The van der Waals surface area contributed by atoms with E-state index in [2.05, 4.69) is 5.32 Å². The molecule has 0 saturated carbocycles. The molecule has 1 fully saturated rings. The summed E-state index contributed by atoms with van der Waals surface area (Å²) in [4.78, 5) is 39.5. The number of aromatic nitrogens is 2. The van der Waals surface area contributed by atoms with Crippen molar-refractivity contribution in [1.29, 1.82) is 0 Å². The summed E-state index contributed by atoms with van der Waals surface area (Å²) in [5.74, 6) is 0.238. The predicted molar refractivity (Wildman–Crippen MR) is 125 cm³/mol. The molecule has 1 saturated heterocycles. The topological polar surface area (TPSA) is 101 Å². The summed E-state index contributed by atoms with van der Waals surface area (Å²) in [6.07, 6.45) is 1.39. The van der Waals surface area contributed by atoms with Crippen LogP contribution >= 0.6 is 11.6 Å². The number of carbonyl (C=O) groups is 1. The number of nitrogens with zero attached hydrogens (tertiary/aromatic N) is 2. The van der Waals surface area contributed by atoms with Gasteiger partial charge in [-0.3, -0.25) is 18.7 Å². The third-order valence-electron chi connectivity index (χ3n) is 5.55. The molecule has 10 heteroatoms. The van der Waals surface area contributed by atoms with E-state index in [-0.39, 0.29) is 30.1 Å².